The molecule has 1 heterocycles. The topological polar surface area (TPSA) is 47.0 Å². The first kappa shape index (κ1) is 14.7. The van der Waals surface area contributed by atoms with Gasteiger partial charge in [0, 0.05) is 18.3 Å². The zero-order valence-corrected chi connectivity index (χ0v) is 12.0. The molecular weight excluding hydrogens is 297 g/mol. The standard InChI is InChI=1S/C15H11Cl2NO2/c16-11-5-3-6-12(17)14(11)15(20)13(19)8-7-10-4-1-2-9-18-10/h1-6,9H,7-8H2. The largest absolute Gasteiger partial charge is 0.290 e. The van der Waals surface area contributed by atoms with Gasteiger partial charge in [-0.15, -0.1) is 0 Å². The van der Waals surface area contributed by atoms with Gasteiger partial charge in [0.25, 0.3) is 0 Å². The van der Waals surface area contributed by atoms with Crippen LogP contribution in [0, 0.1) is 0 Å². The van der Waals surface area contributed by atoms with Crippen LogP contribution in [0.2, 0.25) is 10.0 Å². The predicted molar refractivity (Wildman–Crippen MR) is 78.4 cm³/mol. The fraction of sp³-hybridized carbons (Fsp3) is 0.133. The molecule has 0 atom stereocenters. The summed E-state index contributed by atoms with van der Waals surface area (Å²) < 4.78 is 0. The Morgan fingerprint density at radius 1 is 1.00 bits per heavy atom. The molecule has 0 radical (unpaired) electrons. The minimum Gasteiger partial charge on any atom is -0.290 e. The Hall–Kier alpha value is -1.71. The molecule has 0 bridgehead atoms. The highest BCUT2D eigenvalue weighted by atomic mass is 35.5. The number of ketones is 2. The highest BCUT2D eigenvalue weighted by Gasteiger charge is 2.21. The minimum atomic E-state index is -0.656. The summed E-state index contributed by atoms with van der Waals surface area (Å²) in [6.07, 6.45) is 2.14. The lowest BCUT2D eigenvalue weighted by Gasteiger charge is -2.05. The molecule has 1 aromatic carbocycles. The van der Waals surface area contributed by atoms with Crippen molar-refractivity contribution in [1.82, 2.24) is 4.98 Å². The lowest BCUT2D eigenvalue weighted by molar-refractivity contribution is -0.115. The van der Waals surface area contributed by atoms with Crippen LogP contribution < -0.4 is 0 Å². The fourth-order valence-electron chi connectivity index (χ4n) is 1.76. The molecular formula is C15H11Cl2NO2. The van der Waals surface area contributed by atoms with Crippen LogP contribution in [0.1, 0.15) is 22.5 Å². The van der Waals surface area contributed by atoms with Crippen molar-refractivity contribution in [2.45, 2.75) is 12.8 Å². The molecule has 0 fully saturated rings. The molecule has 3 nitrogen and oxygen atoms in total. The van der Waals surface area contributed by atoms with Crippen molar-refractivity contribution in [3.63, 3.8) is 0 Å². The van der Waals surface area contributed by atoms with Crippen molar-refractivity contribution in [3.05, 3.63) is 63.9 Å². The molecule has 2 rings (SSSR count). The molecule has 0 saturated carbocycles. The summed E-state index contributed by atoms with van der Waals surface area (Å²) in [7, 11) is 0. The maximum atomic E-state index is 12.1. The number of rotatable bonds is 5. The summed E-state index contributed by atoms with van der Waals surface area (Å²) in [4.78, 5) is 28.1. The Bertz CT molecular complexity index is 621. The SMILES string of the molecule is O=C(CCc1ccccn1)C(=O)c1c(Cl)cccc1Cl. The number of pyridine rings is 1. The van der Waals surface area contributed by atoms with Gasteiger partial charge >= 0.3 is 0 Å². The summed E-state index contributed by atoms with van der Waals surface area (Å²) in [5.74, 6) is -1.18. The molecule has 0 amide bonds. The van der Waals surface area contributed by atoms with Gasteiger partial charge in [-0.25, -0.2) is 0 Å². The zero-order chi connectivity index (χ0) is 14.5. The third-order valence-corrected chi connectivity index (χ3v) is 3.41. The van der Waals surface area contributed by atoms with Gasteiger partial charge in [-0.05, 0) is 30.7 Å². The maximum Gasteiger partial charge on any atom is 0.231 e. The minimum absolute atomic E-state index is 0.0712. The van der Waals surface area contributed by atoms with Gasteiger partial charge in [-0.1, -0.05) is 35.3 Å². The Labute approximate surface area is 126 Å². The Balaban J connectivity index is 2.08. The van der Waals surface area contributed by atoms with E-state index in [1.54, 1.807) is 24.4 Å². The Morgan fingerprint density at radius 2 is 1.70 bits per heavy atom. The molecule has 102 valence electrons. The van der Waals surface area contributed by atoms with E-state index < -0.39 is 11.6 Å². The van der Waals surface area contributed by atoms with E-state index in [-0.39, 0.29) is 22.0 Å². The van der Waals surface area contributed by atoms with Crippen molar-refractivity contribution < 1.29 is 9.59 Å². The third kappa shape index (κ3) is 3.44. The number of carbonyl (C=O) groups is 2. The molecule has 0 unspecified atom stereocenters. The Kier molecular flexibility index (Phi) is 4.88. The van der Waals surface area contributed by atoms with Gasteiger partial charge in [0.05, 0.1) is 15.6 Å². The first-order chi connectivity index (χ1) is 9.59. The smallest absolute Gasteiger partial charge is 0.231 e. The molecule has 0 saturated heterocycles. The van der Waals surface area contributed by atoms with E-state index >= 15 is 0 Å². The van der Waals surface area contributed by atoms with Crippen molar-refractivity contribution in [1.29, 1.82) is 0 Å². The van der Waals surface area contributed by atoms with E-state index in [1.807, 2.05) is 6.07 Å². The number of aryl methyl sites for hydroxylation is 1. The highest BCUT2D eigenvalue weighted by molar-refractivity contribution is 6.51. The summed E-state index contributed by atoms with van der Waals surface area (Å²) in [5.41, 5.74) is 0.834. The maximum absolute atomic E-state index is 12.1. The lowest BCUT2D eigenvalue weighted by Crippen LogP contribution is -2.16. The fourth-order valence-corrected chi connectivity index (χ4v) is 2.32. The quantitative estimate of drug-likeness (QED) is 0.624. The number of hydrogen-bond acceptors (Lipinski definition) is 3. The summed E-state index contributed by atoms with van der Waals surface area (Å²) in [6.45, 7) is 0. The van der Waals surface area contributed by atoms with E-state index in [1.165, 1.54) is 12.1 Å². The van der Waals surface area contributed by atoms with Crippen molar-refractivity contribution in [2.24, 2.45) is 0 Å². The molecule has 0 spiro atoms. The average Bonchev–Trinajstić information content (AvgIpc) is 2.45. The van der Waals surface area contributed by atoms with Gasteiger partial charge in [-0.2, -0.15) is 0 Å². The van der Waals surface area contributed by atoms with E-state index in [0.717, 1.165) is 5.69 Å². The van der Waals surface area contributed by atoms with Crippen LogP contribution in [0.5, 0.6) is 0 Å². The molecule has 1 aromatic heterocycles. The Morgan fingerprint density at radius 3 is 2.30 bits per heavy atom. The summed E-state index contributed by atoms with van der Waals surface area (Å²) in [6, 6.07) is 10.1. The first-order valence-corrected chi connectivity index (χ1v) is 6.76. The third-order valence-electron chi connectivity index (χ3n) is 2.78. The van der Waals surface area contributed by atoms with Crippen LogP contribution in [0.3, 0.4) is 0 Å². The van der Waals surface area contributed by atoms with Gasteiger partial charge in [0.2, 0.25) is 11.6 Å². The van der Waals surface area contributed by atoms with Crippen LogP contribution in [0.4, 0.5) is 0 Å². The van der Waals surface area contributed by atoms with Crippen molar-refractivity contribution >= 4 is 34.8 Å². The molecule has 2 aromatic rings. The average molecular weight is 308 g/mol. The van der Waals surface area contributed by atoms with Gasteiger partial charge in [0.15, 0.2) is 0 Å². The molecule has 0 N–H and O–H groups in total. The summed E-state index contributed by atoms with van der Waals surface area (Å²) >= 11 is 11.8. The number of carbonyl (C=O) groups excluding carboxylic acids is 2. The van der Waals surface area contributed by atoms with Crippen LogP contribution in [0.15, 0.2) is 42.6 Å². The number of aromatic nitrogens is 1. The van der Waals surface area contributed by atoms with E-state index in [4.69, 9.17) is 23.2 Å². The highest BCUT2D eigenvalue weighted by Crippen LogP contribution is 2.25. The molecule has 20 heavy (non-hydrogen) atoms. The van der Waals surface area contributed by atoms with Gasteiger partial charge in [0.1, 0.15) is 0 Å². The zero-order valence-electron chi connectivity index (χ0n) is 10.5. The monoisotopic (exact) mass is 307 g/mol. The van der Waals surface area contributed by atoms with E-state index in [0.29, 0.717) is 6.42 Å². The molecule has 5 heteroatoms. The second-order valence-electron chi connectivity index (χ2n) is 4.17. The lowest BCUT2D eigenvalue weighted by atomic mass is 10.0. The number of nitrogens with zero attached hydrogens (tertiary/aromatic N) is 1. The van der Waals surface area contributed by atoms with Crippen LogP contribution in [-0.2, 0) is 11.2 Å². The van der Waals surface area contributed by atoms with E-state index in [9.17, 15) is 9.59 Å². The van der Waals surface area contributed by atoms with Gasteiger partial charge in [-0.3, -0.25) is 14.6 Å². The van der Waals surface area contributed by atoms with E-state index in [2.05, 4.69) is 4.98 Å². The summed E-state index contributed by atoms with van der Waals surface area (Å²) in [5, 5.41) is 0.377. The number of halogens is 2. The second-order valence-corrected chi connectivity index (χ2v) is 4.98. The van der Waals surface area contributed by atoms with Crippen LogP contribution in [-0.4, -0.2) is 16.6 Å². The van der Waals surface area contributed by atoms with Gasteiger partial charge < -0.3 is 0 Å². The van der Waals surface area contributed by atoms with Crippen molar-refractivity contribution in [3.8, 4) is 0 Å². The number of hydrogen-bond donors (Lipinski definition) is 0. The first-order valence-electron chi connectivity index (χ1n) is 6.01. The molecule has 0 aliphatic heterocycles. The second kappa shape index (κ2) is 6.64. The molecule has 0 aliphatic rings. The predicted octanol–water partition coefficient (Wildman–Crippen LogP) is 3.77. The molecule has 0 aliphatic carbocycles. The van der Waals surface area contributed by atoms with Crippen LogP contribution >= 0.6 is 23.2 Å². The number of benzene rings is 1. The number of Topliss-reactive ketones (excluding diaryl/α,β-unsaturated/α-hetero) is 2. The van der Waals surface area contributed by atoms with Crippen LogP contribution in [0.25, 0.3) is 0 Å². The normalized spacial score (nSPS) is 10.3. The van der Waals surface area contributed by atoms with Crippen molar-refractivity contribution in [2.75, 3.05) is 0 Å².